The maximum atomic E-state index is 12.2. The second-order valence-corrected chi connectivity index (χ2v) is 6.57. The van der Waals surface area contributed by atoms with E-state index >= 15 is 0 Å². The van der Waals surface area contributed by atoms with Gasteiger partial charge in [-0.25, -0.2) is 4.68 Å². The molecule has 0 aliphatic heterocycles. The minimum absolute atomic E-state index is 0.170. The molecule has 0 radical (unpaired) electrons. The number of halogens is 2. The van der Waals surface area contributed by atoms with E-state index in [0.29, 0.717) is 28.2 Å². The molecule has 1 aromatic heterocycles. The molecule has 1 heterocycles. The largest absolute Gasteiger partial charge is 0.482 e. The van der Waals surface area contributed by atoms with Crippen molar-refractivity contribution in [3.05, 3.63) is 75.9 Å². The average molecular weight is 390 g/mol. The highest BCUT2D eigenvalue weighted by Gasteiger charge is 2.11. The van der Waals surface area contributed by atoms with Gasteiger partial charge in [0.1, 0.15) is 11.6 Å². The van der Waals surface area contributed by atoms with Gasteiger partial charge in [-0.2, -0.15) is 5.10 Å². The lowest BCUT2D eigenvalue weighted by atomic mass is 10.2. The summed E-state index contributed by atoms with van der Waals surface area (Å²) >= 11 is 11.9. The SMILES string of the molecule is Cc1cc(NC(=O)COc2ccc(Cl)cc2Cl)n(Cc2ccccc2)n1. The van der Waals surface area contributed by atoms with Gasteiger partial charge in [0.2, 0.25) is 0 Å². The van der Waals surface area contributed by atoms with E-state index in [1.807, 2.05) is 43.3 Å². The summed E-state index contributed by atoms with van der Waals surface area (Å²) in [5.41, 5.74) is 1.91. The Morgan fingerprint density at radius 2 is 1.92 bits per heavy atom. The van der Waals surface area contributed by atoms with Gasteiger partial charge in [-0.15, -0.1) is 0 Å². The molecule has 2 aromatic carbocycles. The van der Waals surface area contributed by atoms with Gasteiger partial charge >= 0.3 is 0 Å². The van der Waals surface area contributed by atoms with E-state index in [0.717, 1.165) is 11.3 Å². The summed E-state index contributed by atoms with van der Waals surface area (Å²) in [6, 6.07) is 16.6. The highest BCUT2D eigenvalue weighted by molar-refractivity contribution is 6.35. The predicted molar refractivity (Wildman–Crippen MR) is 103 cm³/mol. The number of nitrogens with one attached hydrogen (secondary N) is 1. The van der Waals surface area contributed by atoms with Gasteiger partial charge in [0.15, 0.2) is 6.61 Å². The van der Waals surface area contributed by atoms with Crippen LogP contribution in [-0.4, -0.2) is 22.3 Å². The normalized spacial score (nSPS) is 10.6. The zero-order valence-corrected chi connectivity index (χ0v) is 15.6. The maximum absolute atomic E-state index is 12.2. The molecule has 3 rings (SSSR count). The quantitative estimate of drug-likeness (QED) is 0.671. The van der Waals surface area contributed by atoms with Crippen LogP contribution in [0.25, 0.3) is 0 Å². The molecule has 7 heteroatoms. The Morgan fingerprint density at radius 3 is 2.65 bits per heavy atom. The summed E-state index contributed by atoms with van der Waals surface area (Å²) < 4.78 is 7.21. The lowest BCUT2D eigenvalue weighted by Gasteiger charge is -2.11. The smallest absolute Gasteiger partial charge is 0.263 e. The number of hydrogen-bond donors (Lipinski definition) is 1. The van der Waals surface area contributed by atoms with E-state index in [4.69, 9.17) is 27.9 Å². The van der Waals surface area contributed by atoms with Crippen molar-refractivity contribution in [2.45, 2.75) is 13.5 Å². The molecule has 1 N–H and O–H groups in total. The zero-order chi connectivity index (χ0) is 18.5. The number of hydrogen-bond acceptors (Lipinski definition) is 3. The van der Waals surface area contributed by atoms with Crippen molar-refractivity contribution < 1.29 is 9.53 Å². The number of carbonyl (C=O) groups excluding carboxylic acids is 1. The molecule has 0 unspecified atom stereocenters. The minimum atomic E-state index is -0.301. The Bertz CT molecular complexity index is 910. The summed E-state index contributed by atoms with van der Waals surface area (Å²) in [5.74, 6) is 0.715. The summed E-state index contributed by atoms with van der Waals surface area (Å²) in [6.07, 6.45) is 0. The van der Waals surface area contributed by atoms with Crippen LogP contribution in [-0.2, 0) is 11.3 Å². The third-order valence-corrected chi connectivity index (χ3v) is 4.13. The number of ether oxygens (including phenoxy) is 1. The third kappa shape index (κ3) is 4.77. The Labute approximate surface area is 161 Å². The van der Waals surface area contributed by atoms with Crippen molar-refractivity contribution in [2.75, 3.05) is 11.9 Å². The first-order valence-corrected chi connectivity index (χ1v) is 8.73. The fourth-order valence-corrected chi connectivity index (χ4v) is 2.90. The highest BCUT2D eigenvalue weighted by Crippen LogP contribution is 2.27. The fraction of sp³-hybridized carbons (Fsp3) is 0.158. The molecule has 0 fully saturated rings. The van der Waals surface area contributed by atoms with E-state index in [1.54, 1.807) is 22.9 Å². The Morgan fingerprint density at radius 1 is 1.15 bits per heavy atom. The van der Waals surface area contributed by atoms with Crippen molar-refractivity contribution in [1.82, 2.24) is 9.78 Å². The molecule has 0 saturated carbocycles. The van der Waals surface area contributed by atoms with E-state index in [-0.39, 0.29) is 12.5 Å². The summed E-state index contributed by atoms with van der Waals surface area (Å²) in [4.78, 5) is 12.2. The Balaban J connectivity index is 1.64. The zero-order valence-electron chi connectivity index (χ0n) is 14.1. The van der Waals surface area contributed by atoms with E-state index in [2.05, 4.69) is 10.4 Å². The fourth-order valence-electron chi connectivity index (χ4n) is 2.44. The lowest BCUT2D eigenvalue weighted by Crippen LogP contribution is -2.22. The van der Waals surface area contributed by atoms with Gasteiger partial charge in [-0.3, -0.25) is 4.79 Å². The lowest BCUT2D eigenvalue weighted by molar-refractivity contribution is -0.118. The number of aryl methyl sites for hydroxylation is 1. The van der Waals surface area contributed by atoms with Gasteiger partial charge in [0.25, 0.3) is 5.91 Å². The topological polar surface area (TPSA) is 56.1 Å². The molecule has 3 aromatic rings. The Hall–Kier alpha value is -2.50. The molecule has 134 valence electrons. The highest BCUT2D eigenvalue weighted by atomic mass is 35.5. The van der Waals surface area contributed by atoms with Crippen LogP contribution in [0.3, 0.4) is 0 Å². The standard InChI is InChI=1S/C19H17Cl2N3O2/c1-13-9-18(24(23-13)11-14-5-3-2-4-6-14)22-19(25)12-26-17-8-7-15(20)10-16(17)21/h2-10H,11-12H2,1H3,(H,22,25). The van der Waals surface area contributed by atoms with Gasteiger partial charge < -0.3 is 10.1 Å². The summed E-state index contributed by atoms with van der Waals surface area (Å²) in [7, 11) is 0. The molecule has 26 heavy (non-hydrogen) atoms. The number of nitrogens with zero attached hydrogens (tertiary/aromatic N) is 2. The van der Waals surface area contributed by atoms with Crippen LogP contribution in [0.15, 0.2) is 54.6 Å². The monoisotopic (exact) mass is 389 g/mol. The number of amides is 1. The molecular formula is C19H17Cl2N3O2. The second-order valence-electron chi connectivity index (χ2n) is 5.73. The summed E-state index contributed by atoms with van der Waals surface area (Å²) in [6.45, 7) is 2.27. The molecule has 0 aliphatic rings. The van der Waals surface area contributed by atoms with E-state index < -0.39 is 0 Å². The molecule has 0 aliphatic carbocycles. The van der Waals surface area contributed by atoms with Crippen LogP contribution in [0.2, 0.25) is 10.0 Å². The first-order chi connectivity index (χ1) is 12.5. The number of carbonyl (C=O) groups is 1. The van der Waals surface area contributed by atoms with E-state index in [1.165, 1.54) is 0 Å². The first kappa shape index (κ1) is 18.3. The third-order valence-electron chi connectivity index (χ3n) is 3.60. The molecule has 0 spiro atoms. The van der Waals surface area contributed by atoms with Crippen LogP contribution in [0.4, 0.5) is 5.82 Å². The Kier molecular flexibility index (Phi) is 5.81. The molecule has 1 amide bonds. The van der Waals surface area contributed by atoms with Crippen molar-refractivity contribution >= 4 is 34.9 Å². The van der Waals surface area contributed by atoms with Gasteiger partial charge in [-0.05, 0) is 30.7 Å². The van der Waals surface area contributed by atoms with Crippen molar-refractivity contribution in [3.63, 3.8) is 0 Å². The molecule has 0 bridgehead atoms. The van der Waals surface area contributed by atoms with Crippen molar-refractivity contribution in [1.29, 1.82) is 0 Å². The van der Waals surface area contributed by atoms with Crippen LogP contribution in [0.5, 0.6) is 5.75 Å². The van der Waals surface area contributed by atoms with Crippen LogP contribution in [0, 0.1) is 6.92 Å². The number of benzene rings is 2. The number of rotatable bonds is 6. The van der Waals surface area contributed by atoms with E-state index in [9.17, 15) is 4.79 Å². The molecule has 0 saturated heterocycles. The maximum Gasteiger partial charge on any atom is 0.263 e. The predicted octanol–water partition coefficient (Wildman–Crippen LogP) is 4.56. The van der Waals surface area contributed by atoms with Gasteiger partial charge in [-0.1, -0.05) is 53.5 Å². The number of anilines is 1. The van der Waals surface area contributed by atoms with Crippen LogP contribution >= 0.6 is 23.2 Å². The van der Waals surface area contributed by atoms with Crippen molar-refractivity contribution in [2.24, 2.45) is 0 Å². The van der Waals surface area contributed by atoms with Crippen LogP contribution in [0.1, 0.15) is 11.3 Å². The first-order valence-electron chi connectivity index (χ1n) is 7.97. The van der Waals surface area contributed by atoms with Gasteiger partial charge in [0.05, 0.1) is 17.3 Å². The second kappa shape index (κ2) is 8.25. The molecule has 5 nitrogen and oxygen atoms in total. The van der Waals surface area contributed by atoms with Gasteiger partial charge in [0, 0.05) is 11.1 Å². The summed E-state index contributed by atoms with van der Waals surface area (Å²) in [5, 5.41) is 8.11. The minimum Gasteiger partial charge on any atom is -0.482 e. The molecular weight excluding hydrogens is 373 g/mol. The average Bonchev–Trinajstić information content (AvgIpc) is 2.94. The van der Waals surface area contributed by atoms with Crippen LogP contribution < -0.4 is 10.1 Å². The van der Waals surface area contributed by atoms with Crippen molar-refractivity contribution in [3.8, 4) is 5.75 Å². The molecule has 0 atom stereocenters. The number of aromatic nitrogens is 2.